The van der Waals surface area contributed by atoms with Crippen LogP contribution in [0.1, 0.15) is 44.9 Å². The molecule has 2 rings (SSSR count). The summed E-state index contributed by atoms with van der Waals surface area (Å²) in [5, 5.41) is 0.932. The van der Waals surface area contributed by atoms with Crippen LogP contribution in [-0.2, 0) is 9.53 Å². The number of esters is 1. The Kier molecular flexibility index (Phi) is 3.15. The average molecular weight is 261 g/mol. The molecule has 2 aliphatic rings. The molecule has 1 saturated carbocycles. The summed E-state index contributed by atoms with van der Waals surface area (Å²) < 4.78 is 5.43. The van der Waals surface area contributed by atoms with Gasteiger partial charge in [0.1, 0.15) is 6.10 Å². The van der Waals surface area contributed by atoms with E-state index in [0.29, 0.717) is 0 Å². The Morgan fingerprint density at radius 1 is 1.36 bits per heavy atom. The van der Waals surface area contributed by atoms with Gasteiger partial charge < -0.3 is 4.74 Å². The van der Waals surface area contributed by atoms with E-state index >= 15 is 0 Å². The highest BCUT2D eigenvalue weighted by molar-refractivity contribution is 9.09. The summed E-state index contributed by atoms with van der Waals surface area (Å²) in [4.78, 5) is 11.8. The first-order chi connectivity index (χ1) is 6.77. The predicted molar refractivity (Wildman–Crippen MR) is 58.4 cm³/mol. The van der Waals surface area contributed by atoms with Crippen molar-refractivity contribution in [3.05, 3.63) is 0 Å². The fourth-order valence-corrected chi connectivity index (χ4v) is 3.27. The molecule has 1 atom stereocenters. The molecule has 2 fully saturated rings. The minimum atomic E-state index is -0.0783. The third kappa shape index (κ3) is 1.83. The number of ether oxygens (including phenoxy) is 1. The first-order valence-corrected chi connectivity index (χ1v) is 6.66. The van der Waals surface area contributed by atoms with Gasteiger partial charge in [0, 0.05) is 11.8 Å². The van der Waals surface area contributed by atoms with Crippen molar-refractivity contribution in [2.45, 2.75) is 51.0 Å². The molecule has 14 heavy (non-hydrogen) atoms. The van der Waals surface area contributed by atoms with Crippen LogP contribution in [0, 0.1) is 5.41 Å². The second kappa shape index (κ2) is 4.21. The Bertz CT molecular complexity index is 221. The van der Waals surface area contributed by atoms with Gasteiger partial charge in [0.15, 0.2) is 0 Å². The first kappa shape index (κ1) is 10.5. The normalized spacial score (nSPS) is 30.6. The molecule has 0 aromatic rings. The van der Waals surface area contributed by atoms with Crippen LogP contribution in [0.2, 0.25) is 0 Å². The van der Waals surface area contributed by atoms with Crippen LogP contribution in [0.15, 0.2) is 0 Å². The highest BCUT2D eigenvalue weighted by atomic mass is 79.9. The second-order valence-electron chi connectivity index (χ2n) is 4.55. The van der Waals surface area contributed by atoms with Gasteiger partial charge in [0.25, 0.3) is 0 Å². The van der Waals surface area contributed by atoms with Crippen molar-refractivity contribution in [1.29, 1.82) is 0 Å². The molecule has 0 radical (unpaired) electrons. The molecule has 1 spiro atoms. The SMILES string of the molecule is O=C1OC(CCBr)CC12CCCCC2. The molecule has 1 heterocycles. The standard InChI is InChI=1S/C11H17BrO2/c12-7-4-9-8-11(10(13)14-9)5-2-1-3-6-11/h9H,1-8H2. The molecule has 1 aliphatic heterocycles. The molecule has 3 heteroatoms. The second-order valence-corrected chi connectivity index (χ2v) is 5.34. The zero-order valence-corrected chi connectivity index (χ0v) is 10.0. The zero-order valence-electron chi connectivity index (χ0n) is 8.43. The van der Waals surface area contributed by atoms with Gasteiger partial charge >= 0.3 is 5.97 Å². The molecule has 0 amide bonds. The largest absolute Gasteiger partial charge is 0.462 e. The van der Waals surface area contributed by atoms with E-state index in [9.17, 15) is 4.79 Å². The molecule has 2 nitrogen and oxygen atoms in total. The number of cyclic esters (lactones) is 1. The Balaban J connectivity index is 2.01. The van der Waals surface area contributed by atoms with Gasteiger partial charge in [-0.2, -0.15) is 0 Å². The van der Waals surface area contributed by atoms with E-state index in [1.165, 1.54) is 19.3 Å². The minimum Gasteiger partial charge on any atom is -0.462 e. The smallest absolute Gasteiger partial charge is 0.312 e. The van der Waals surface area contributed by atoms with Crippen molar-refractivity contribution < 1.29 is 9.53 Å². The molecule has 0 aromatic carbocycles. The van der Waals surface area contributed by atoms with E-state index in [-0.39, 0.29) is 17.5 Å². The van der Waals surface area contributed by atoms with E-state index in [2.05, 4.69) is 15.9 Å². The highest BCUT2D eigenvalue weighted by Gasteiger charge is 2.48. The Hall–Kier alpha value is -0.0500. The van der Waals surface area contributed by atoms with Crippen LogP contribution in [-0.4, -0.2) is 17.4 Å². The fraction of sp³-hybridized carbons (Fsp3) is 0.909. The number of rotatable bonds is 2. The van der Waals surface area contributed by atoms with E-state index in [1.807, 2.05) is 0 Å². The molecule has 0 aromatic heterocycles. The van der Waals surface area contributed by atoms with Crippen molar-refractivity contribution in [3.63, 3.8) is 0 Å². The topological polar surface area (TPSA) is 26.3 Å². The summed E-state index contributed by atoms with van der Waals surface area (Å²) in [5.74, 6) is 0.0863. The molecule has 0 N–H and O–H groups in total. The Morgan fingerprint density at radius 3 is 2.71 bits per heavy atom. The molecular formula is C11H17BrO2. The average Bonchev–Trinajstić information content (AvgIpc) is 2.45. The maximum Gasteiger partial charge on any atom is 0.312 e. The van der Waals surface area contributed by atoms with Gasteiger partial charge in [-0.1, -0.05) is 35.2 Å². The number of hydrogen-bond donors (Lipinski definition) is 0. The molecule has 0 bridgehead atoms. The van der Waals surface area contributed by atoms with E-state index in [1.54, 1.807) is 0 Å². The van der Waals surface area contributed by atoms with Gasteiger partial charge in [-0.3, -0.25) is 4.79 Å². The molecule has 1 saturated heterocycles. The lowest BCUT2D eigenvalue weighted by atomic mass is 9.72. The summed E-state index contributed by atoms with van der Waals surface area (Å²) in [5.41, 5.74) is -0.0783. The summed E-state index contributed by atoms with van der Waals surface area (Å²) in [6.45, 7) is 0. The summed E-state index contributed by atoms with van der Waals surface area (Å²) in [6.07, 6.45) is 7.94. The summed E-state index contributed by atoms with van der Waals surface area (Å²) in [7, 11) is 0. The Labute approximate surface area is 93.5 Å². The third-order valence-corrected chi connectivity index (χ3v) is 4.02. The fourth-order valence-electron chi connectivity index (χ4n) is 2.76. The van der Waals surface area contributed by atoms with Gasteiger partial charge in [0.05, 0.1) is 5.41 Å². The van der Waals surface area contributed by atoms with Crippen molar-refractivity contribution in [3.8, 4) is 0 Å². The number of carbonyl (C=O) groups is 1. The molecule has 80 valence electrons. The van der Waals surface area contributed by atoms with Gasteiger partial charge in [0.2, 0.25) is 0 Å². The quantitative estimate of drug-likeness (QED) is 0.564. The van der Waals surface area contributed by atoms with Crippen LogP contribution in [0.5, 0.6) is 0 Å². The number of hydrogen-bond acceptors (Lipinski definition) is 2. The first-order valence-electron chi connectivity index (χ1n) is 5.54. The van der Waals surface area contributed by atoms with Crippen LogP contribution in [0.4, 0.5) is 0 Å². The maximum atomic E-state index is 11.8. The van der Waals surface area contributed by atoms with Crippen molar-refractivity contribution in [2.24, 2.45) is 5.41 Å². The molecule has 1 aliphatic carbocycles. The van der Waals surface area contributed by atoms with Gasteiger partial charge in [-0.15, -0.1) is 0 Å². The van der Waals surface area contributed by atoms with E-state index < -0.39 is 0 Å². The van der Waals surface area contributed by atoms with Crippen LogP contribution >= 0.6 is 15.9 Å². The summed E-state index contributed by atoms with van der Waals surface area (Å²) >= 11 is 3.40. The third-order valence-electron chi connectivity index (χ3n) is 3.57. The maximum absolute atomic E-state index is 11.8. The van der Waals surface area contributed by atoms with Crippen molar-refractivity contribution >= 4 is 21.9 Å². The van der Waals surface area contributed by atoms with Crippen LogP contribution in [0.25, 0.3) is 0 Å². The van der Waals surface area contributed by atoms with Crippen LogP contribution in [0.3, 0.4) is 0 Å². The highest BCUT2D eigenvalue weighted by Crippen LogP contribution is 2.46. The molecule has 1 unspecified atom stereocenters. The number of carbonyl (C=O) groups excluding carboxylic acids is 1. The zero-order chi connectivity index (χ0) is 10.0. The molecular weight excluding hydrogens is 244 g/mol. The van der Waals surface area contributed by atoms with Gasteiger partial charge in [-0.05, 0) is 19.3 Å². The summed E-state index contributed by atoms with van der Waals surface area (Å²) in [6, 6.07) is 0. The van der Waals surface area contributed by atoms with E-state index in [0.717, 1.165) is 31.0 Å². The Morgan fingerprint density at radius 2 is 2.07 bits per heavy atom. The van der Waals surface area contributed by atoms with E-state index in [4.69, 9.17) is 4.74 Å². The number of halogens is 1. The predicted octanol–water partition coefficient (Wildman–Crippen LogP) is 3.04. The van der Waals surface area contributed by atoms with Gasteiger partial charge in [-0.25, -0.2) is 0 Å². The van der Waals surface area contributed by atoms with Crippen molar-refractivity contribution in [2.75, 3.05) is 5.33 Å². The lowest BCUT2D eigenvalue weighted by Gasteiger charge is -2.28. The minimum absolute atomic E-state index is 0.0783. The lowest BCUT2D eigenvalue weighted by Crippen LogP contribution is -2.28. The van der Waals surface area contributed by atoms with Crippen LogP contribution < -0.4 is 0 Å². The number of alkyl halides is 1. The monoisotopic (exact) mass is 260 g/mol. The van der Waals surface area contributed by atoms with Crippen molar-refractivity contribution in [1.82, 2.24) is 0 Å². The lowest BCUT2D eigenvalue weighted by molar-refractivity contribution is -0.150.